The predicted molar refractivity (Wildman–Crippen MR) is 71.9 cm³/mol. The van der Waals surface area contributed by atoms with Crippen molar-refractivity contribution in [2.75, 3.05) is 0 Å². The van der Waals surface area contributed by atoms with Crippen molar-refractivity contribution in [3.8, 4) is 11.5 Å². The summed E-state index contributed by atoms with van der Waals surface area (Å²) in [4.78, 5) is 0. The van der Waals surface area contributed by atoms with Crippen LogP contribution in [0.4, 0.5) is 0 Å². The molecule has 1 nitrogen and oxygen atoms in total. The fraction of sp³-hybridized carbons (Fsp3) is 0.250. The fourth-order valence-corrected chi connectivity index (χ4v) is 1.78. The molecular formula is C16H18O. The van der Waals surface area contributed by atoms with Gasteiger partial charge in [-0.05, 0) is 62.6 Å². The van der Waals surface area contributed by atoms with Gasteiger partial charge in [-0.2, -0.15) is 0 Å². The molecule has 88 valence electrons. The molecule has 0 unspecified atom stereocenters. The van der Waals surface area contributed by atoms with E-state index in [-0.39, 0.29) is 0 Å². The van der Waals surface area contributed by atoms with Crippen molar-refractivity contribution in [1.29, 1.82) is 0 Å². The van der Waals surface area contributed by atoms with Crippen LogP contribution in [0.25, 0.3) is 0 Å². The maximum absolute atomic E-state index is 5.90. The molecule has 0 aliphatic rings. The molecule has 0 aliphatic heterocycles. The van der Waals surface area contributed by atoms with Crippen LogP contribution in [-0.4, -0.2) is 0 Å². The third-order valence-corrected chi connectivity index (χ3v) is 3.04. The Morgan fingerprint density at radius 2 is 1.29 bits per heavy atom. The SMILES string of the molecule is Cc1ccc(Oc2cc(C)c(C)cc2C)cc1. The van der Waals surface area contributed by atoms with E-state index in [2.05, 4.69) is 52.0 Å². The molecule has 2 rings (SSSR count). The van der Waals surface area contributed by atoms with E-state index in [0.29, 0.717) is 0 Å². The Kier molecular flexibility index (Phi) is 3.19. The van der Waals surface area contributed by atoms with E-state index in [0.717, 1.165) is 11.5 Å². The molecule has 17 heavy (non-hydrogen) atoms. The van der Waals surface area contributed by atoms with E-state index in [9.17, 15) is 0 Å². The summed E-state index contributed by atoms with van der Waals surface area (Å²) in [6.45, 7) is 8.38. The van der Waals surface area contributed by atoms with Gasteiger partial charge in [0.05, 0.1) is 0 Å². The van der Waals surface area contributed by atoms with Crippen LogP contribution < -0.4 is 4.74 Å². The molecule has 1 heteroatoms. The lowest BCUT2D eigenvalue weighted by Gasteiger charge is -2.11. The third kappa shape index (κ3) is 2.68. The molecule has 0 spiro atoms. The van der Waals surface area contributed by atoms with Gasteiger partial charge in [0.25, 0.3) is 0 Å². The first-order valence-corrected chi connectivity index (χ1v) is 5.88. The first-order chi connectivity index (χ1) is 8.06. The molecule has 0 bridgehead atoms. The molecule has 0 heterocycles. The monoisotopic (exact) mass is 226 g/mol. The Bertz CT molecular complexity index is 524. The number of aryl methyl sites for hydroxylation is 4. The summed E-state index contributed by atoms with van der Waals surface area (Å²) in [5, 5.41) is 0. The molecule has 2 aromatic carbocycles. The second-order valence-corrected chi connectivity index (χ2v) is 4.62. The topological polar surface area (TPSA) is 9.23 Å². The molecule has 0 fully saturated rings. The first kappa shape index (κ1) is 11.7. The molecule has 0 aliphatic carbocycles. The van der Waals surface area contributed by atoms with Crippen LogP contribution in [0.3, 0.4) is 0 Å². The van der Waals surface area contributed by atoms with Crippen molar-refractivity contribution in [2.24, 2.45) is 0 Å². The lowest BCUT2D eigenvalue weighted by molar-refractivity contribution is 0.478. The zero-order valence-corrected chi connectivity index (χ0v) is 10.9. The maximum Gasteiger partial charge on any atom is 0.130 e. The van der Waals surface area contributed by atoms with E-state index in [1.54, 1.807) is 0 Å². The molecule has 2 aromatic rings. The molecule has 0 saturated heterocycles. The Morgan fingerprint density at radius 3 is 1.94 bits per heavy atom. The summed E-state index contributed by atoms with van der Waals surface area (Å²) in [6, 6.07) is 12.4. The Morgan fingerprint density at radius 1 is 0.706 bits per heavy atom. The average molecular weight is 226 g/mol. The highest BCUT2D eigenvalue weighted by Gasteiger charge is 2.04. The molecular weight excluding hydrogens is 208 g/mol. The quantitative estimate of drug-likeness (QED) is 0.720. The maximum atomic E-state index is 5.90. The van der Waals surface area contributed by atoms with Crippen molar-refractivity contribution >= 4 is 0 Å². The lowest BCUT2D eigenvalue weighted by atomic mass is 10.1. The summed E-state index contributed by atoms with van der Waals surface area (Å²) in [7, 11) is 0. The van der Waals surface area contributed by atoms with E-state index in [4.69, 9.17) is 4.74 Å². The van der Waals surface area contributed by atoms with Crippen molar-refractivity contribution in [3.63, 3.8) is 0 Å². The largest absolute Gasteiger partial charge is 0.457 e. The molecule has 0 radical (unpaired) electrons. The van der Waals surface area contributed by atoms with Gasteiger partial charge in [-0.15, -0.1) is 0 Å². The molecule has 0 N–H and O–H groups in total. The number of rotatable bonds is 2. The zero-order valence-electron chi connectivity index (χ0n) is 10.9. The minimum Gasteiger partial charge on any atom is -0.457 e. The van der Waals surface area contributed by atoms with Gasteiger partial charge < -0.3 is 4.74 Å². The second kappa shape index (κ2) is 4.62. The van der Waals surface area contributed by atoms with Crippen molar-refractivity contribution in [1.82, 2.24) is 0 Å². The highest BCUT2D eigenvalue weighted by molar-refractivity contribution is 5.43. The second-order valence-electron chi connectivity index (χ2n) is 4.62. The van der Waals surface area contributed by atoms with Gasteiger partial charge in [-0.3, -0.25) is 0 Å². The van der Waals surface area contributed by atoms with Crippen LogP contribution in [0.15, 0.2) is 36.4 Å². The van der Waals surface area contributed by atoms with Crippen LogP contribution in [0.2, 0.25) is 0 Å². The Labute approximate surface area is 103 Å². The highest BCUT2D eigenvalue weighted by Crippen LogP contribution is 2.27. The van der Waals surface area contributed by atoms with Gasteiger partial charge in [0.1, 0.15) is 11.5 Å². The van der Waals surface area contributed by atoms with Gasteiger partial charge in [-0.25, -0.2) is 0 Å². The van der Waals surface area contributed by atoms with Crippen LogP contribution in [0, 0.1) is 27.7 Å². The van der Waals surface area contributed by atoms with Gasteiger partial charge in [0, 0.05) is 0 Å². The van der Waals surface area contributed by atoms with Gasteiger partial charge in [0.15, 0.2) is 0 Å². The summed E-state index contributed by atoms with van der Waals surface area (Å²) < 4.78 is 5.90. The van der Waals surface area contributed by atoms with E-state index in [1.807, 2.05) is 12.1 Å². The smallest absolute Gasteiger partial charge is 0.130 e. The van der Waals surface area contributed by atoms with Crippen LogP contribution in [-0.2, 0) is 0 Å². The van der Waals surface area contributed by atoms with Gasteiger partial charge in [0.2, 0.25) is 0 Å². The standard InChI is InChI=1S/C16H18O/c1-11-5-7-15(8-6-11)17-16-10-13(3)12(2)9-14(16)4/h5-10H,1-4H3. The number of hydrogen-bond acceptors (Lipinski definition) is 1. The number of benzene rings is 2. The summed E-state index contributed by atoms with van der Waals surface area (Å²) >= 11 is 0. The van der Waals surface area contributed by atoms with Gasteiger partial charge >= 0.3 is 0 Å². The summed E-state index contributed by atoms with van der Waals surface area (Å²) in [6.07, 6.45) is 0. The van der Waals surface area contributed by atoms with E-state index in [1.165, 1.54) is 22.3 Å². The summed E-state index contributed by atoms with van der Waals surface area (Å²) in [5.41, 5.74) is 4.99. The third-order valence-electron chi connectivity index (χ3n) is 3.04. The van der Waals surface area contributed by atoms with Crippen LogP contribution in [0.1, 0.15) is 22.3 Å². The minimum atomic E-state index is 0.891. The van der Waals surface area contributed by atoms with Crippen molar-refractivity contribution < 1.29 is 4.74 Å². The number of hydrogen-bond donors (Lipinski definition) is 0. The minimum absolute atomic E-state index is 0.891. The van der Waals surface area contributed by atoms with Crippen molar-refractivity contribution in [2.45, 2.75) is 27.7 Å². The van der Waals surface area contributed by atoms with Crippen LogP contribution in [0.5, 0.6) is 11.5 Å². The highest BCUT2D eigenvalue weighted by atomic mass is 16.5. The summed E-state index contributed by atoms with van der Waals surface area (Å²) in [5.74, 6) is 1.83. The Balaban J connectivity index is 2.30. The predicted octanol–water partition coefficient (Wildman–Crippen LogP) is 4.71. The Hall–Kier alpha value is -1.76. The molecule has 0 aromatic heterocycles. The van der Waals surface area contributed by atoms with E-state index >= 15 is 0 Å². The zero-order chi connectivity index (χ0) is 12.4. The van der Waals surface area contributed by atoms with E-state index < -0.39 is 0 Å². The van der Waals surface area contributed by atoms with Gasteiger partial charge in [-0.1, -0.05) is 23.8 Å². The van der Waals surface area contributed by atoms with Crippen LogP contribution >= 0.6 is 0 Å². The lowest BCUT2D eigenvalue weighted by Crippen LogP contribution is -1.91. The fourth-order valence-electron chi connectivity index (χ4n) is 1.78. The van der Waals surface area contributed by atoms with Crippen molar-refractivity contribution in [3.05, 3.63) is 58.7 Å². The molecule has 0 atom stereocenters. The first-order valence-electron chi connectivity index (χ1n) is 5.88. The normalized spacial score (nSPS) is 10.4. The molecule has 0 amide bonds. The number of ether oxygens (including phenoxy) is 1. The molecule has 0 saturated carbocycles. The average Bonchev–Trinajstić information content (AvgIpc) is 2.29.